The number of aromatic nitrogens is 2. The Hall–Kier alpha value is -1.58. The second-order valence-electron chi connectivity index (χ2n) is 3.81. The molecular weight excluding hydrogens is 190 g/mol. The molecule has 1 aliphatic rings. The van der Waals surface area contributed by atoms with Gasteiger partial charge in [0.05, 0.1) is 0 Å². The van der Waals surface area contributed by atoms with Crippen LogP contribution >= 0.6 is 0 Å². The predicted octanol–water partition coefficient (Wildman–Crippen LogP) is 1.51. The van der Waals surface area contributed by atoms with E-state index in [4.69, 9.17) is 0 Å². The molecule has 0 aromatic carbocycles. The number of nitrogens with zero attached hydrogens (tertiary/aromatic N) is 2. The van der Waals surface area contributed by atoms with Crippen LogP contribution in [0.1, 0.15) is 19.0 Å². The second kappa shape index (κ2) is 3.88. The van der Waals surface area contributed by atoms with Gasteiger partial charge >= 0.3 is 0 Å². The first kappa shape index (κ1) is 9.96. The first-order chi connectivity index (χ1) is 7.24. The molecule has 0 aliphatic carbocycles. The van der Waals surface area contributed by atoms with Crippen molar-refractivity contribution in [3.05, 3.63) is 24.4 Å². The van der Waals surface area contributed by atoms with Crippen LogP contribution in [-0.2, 0) is 11.2 Å². The first-order valence-corrected chi connectivity index (χ1v) is 5.21. The molecule has 15 heavy (non-hydrogen) atoms. The van der Waals surface area contributed by atoms with E-state index in [-0.39, 0.29) is 11.8 Å². The summed E-state index contributed by atoms with van der Waals surface area (Å²) in [6.45, 7) is 6.48. The van der Waals surface area contributed by atoms with Gasteiger partial charge in [0.25, 0.3) is 0 Å². The van der Waals surface area contributed by atoms with E-state index in [0.29, 0.717) is 13.0 Å². The van der Waals surface area contributed by atoms with Gasteiger partial charge in [0.2, 0.25) is 5.91 Å². The quantitative estimate of drug-likeness (QED) is 0.760. The highest BCUT2D eigenvalue weighted by molar-refractivity contribution is 5.95. The Balaban J connectivity index is 2.17. The monoisotopic (exact) mass is 205 g/mol. The van der Waals surface area contributed by atoms with Crippen LogP contribution in [-0.4, -0.2) is 22.6 Å². The topological polar surface area (TPSA) is 49.0 Å². The Morgan fingerprint density at radius 3 is 3.13 bits per heavy atom. The van der Waals surface area contributed by atoms with Crippen LogP contribution < -0.4 is 4.90 Å². The van der Waals surface area contributed by atoms with Crippen molar-refractivity contribution in [3.63, 3.8) is 0 Å². The van der Waals surface area contributed by atoms with E-state index in [1.807, 2.05) is 12.1 Å². The van der Waals surface area contributed by atoms with Gasteiger partial charge in [0, 0.05) is 30.6 Å². The molecule has 1 aromatic rings. The largest absolute Gasteiger partial charge is 0.295 e. The molecule has 0 bridgehead atoms. The van der Waals surface area contributed by atoms with Gasteiger partial charge in [0.1, 0.15) is 0 Å². The van der Waals surface area contributed by atoms with Crippen LogP contribution in [0.3, 0.4) is 0 Å². The minimum Gasteiger partial charge on any atom is -0.295 e. The normalized spacial score (nSPS) is 21.0. The number of carbonyl (C=O) groups excluding carboxylic acids is 1. The maximum Gasteiger partial charge on any atom is 0.228 e. The molecule has 1 unspecified atom stereocenters. The Morgan fingerprint density at radius 2 is 2.60 bits per heavy atom. The summed E-state index contributed by atoms with van der Waals surface area (Å²) in [4.78, 5) is 13.4. The molecule has 1 fully saturated rings. The third-order valence-electron chi connectivity index (χ3n) is 2.76. The zero-order valence-corrected chi connectivity index (χ0v) is 8.86. The molecule has 1 saturated heterocycles. The van der Waals surface area contributed by atoms with E-state index in [1.165, 1.54) is 0 Å². The lowest BCUT2D eigenvalue weighted by Gasteiger charge is -2.11. The maximum atomic E-state index is 11.7. The molecule has 1 N–H and O–H groups in total. The molecule has 4 nitrogen and oxygen atoms in total. The lowest BCUT2D eigenvalue weighted by molar-refractivity contribution is -0.117. The zero-order chi connectivity index (χ0) is 10.8. The number of anilines is 1. The highest BCUT2D eigenvalue weighted by Gasteiger charge is 2.29. The van der Waals surface area contributed by atoms with Crippen molar-refractivity contribution in [3.8, 4) is 0 Å². The van der Waals surface area contributed by atoms with Gasteiger partial charge in [0.15, 0.2) is 5.82 Å². The lowest BCUT2D eigenvalue weighted by atomic mass is 10.1. The number of aromatic amines is 1. The summed E-state index contributed by atoms with van der Waals surface area (Å²) < 4.78 is 0. The summed E-state index contributed by atoms with van der Waals surface area (Å²) in [7, 11) is 0. The smallest absolute Gasteiger partial charge is 0.228 e. The zero-order valence-electron chi connectivity index (χ0n) is 8.86. The number of H-pyrrole nitrogens is 1. The number of aryl methyl sites for hydroxylation is 1. The van der Waals surface area contributed by atoms with E-state index in [2.05, 4.69) is 23.7 Å². The minimum atomic E-state index is 0.133. The van der Waals surface area contributed by atoms with Gasteiger partial charge in [-0.05, 0) is 6.42 Å². The van der Waals surface area contributed by atoms with E-state index < -0.39 is 0 Å². The van der Waals surface area contributed by atoms with Crippen molar-refractivity contribution in [2.45, 2.75) is 19.8 Å². The molecule has 2 rings (SSSR count). The minimum absolute atomic E-state index is 0.133. The van der Waals surface area contributed by atoms with Crippen LogP contribution in [0, 0.1) is 5.92 Å². The van der Waals surface area contributed by atoms with Crippen molar-refractivity contribution >= 4 is 11.7 Å². The molecule has 4 heteroatoms. The SMILES string of the molecule is C=CC1CC(=O)N(c2cc(CC)[nH]n2)C1. The predicted molar refractivity (Wildman–Crippen MR) is 58.6 cm³/mol. The summed E-state index contributed by atoms with van der Waals surface area (Å²) in [5, 5.41) is 7.05. The summed E-state index contributed by atoms with van der Waals surface area (Å²) in [5.74, 6) is 1.13. The standard InChI is InChI=1S/C11H15N3O/c1-3-8-5-11(15)14(7-8)10-6-9(4-2)12-13-10/h3,6,8H,1,4-5,7H2,2H3,(H,12,13). The Labute approximate surface area is 89.0 Å². The van der Waals surface area contributed by atoms with Crippen molar-refractivity contribution in [1.29, 1.82) is 0 Å². The number of hydrogen-bond acceptors (Lipinski definition) is 2. The summed E-state index contributed by atoms with van der Waals surface area (Å²) >= 11 is 0. The lowest BCUT2D eigenvalue weighted by Crippen LogP contribution is -2.24. The van der Waals surface area contributed by atoms with Crippen LogP contribution in [0.2, 0.25) is 0 Å². The molecule has 1 atom stereocenters. The van der Waals surface area contributed by atoms with Crippen LogP contribution in [0.5, 0.6) is 0 Å². The maximum absolute atomic E-state index is 11.7. The van der Waals surface area contributed by atoms with Crippen LogP contribution in [0.4, 0.5) is 5.82 Å². The number of carbonyl (C=O) groups is 1. The average molecular weight is 205 g/mol. The molecule has 1 amide bonds. The molecule has 0 radical (unpaired) electrons. The van der Waals surface area contributed by atoms with E-state index >= 15 is 0 Å². The number of amides is 1. The van der Waals surface area contributed by atoms with Gasteiger partial charge in [-0.1, -0.05) is 13.0 Å². The Morgan fingerprint density at radius 1 is 1.80 bits per heavy atom. The third-order valence-corrected chi connectivity index (χ3v) is 2.76. The molecule has 0 saturated carbocycles. The van der Waals surface area contributed by atoms with Crippen LogP contribution in [0.25, 0.3) is 0 Å². The third kappa shape index (κ3) is 1.79. The number of nitrogens with one attached hydrogen (secondary N) is 1. The van der Waals surface area contributed by atoms with E-state index in [0.717, 1.165) is 17.9 Å². The van der Waals surface area contributed by atoms with Crippen molar-refractivity contribution in [2.75, 3.05) is 11.4 Å². The summed E-state index contributed by atoms with van der Waals surface area (Å²) in [6, 6.07) is 1.93. The fourth-order valence-corrected chi connectivity index (χ4v) is 1.78. The number of hydrogen-bond donors (Lipinski definition) is 1. The first-order valence-electron chi connectivity index (χ1n) is 5.21. The molecule has 0 spiro atoms. The fraction of sp³-hybridized carbons (Fsp3) is 0.455. The van der Waals surface area contributed by atoms with Gasteiger partial charge in [-0.3, -0.25) is 14.8 Å². The average Bonchev–Trinajstić information content (AvgIpc) is 2.83. The highest BCUT2D eigenvalue weighted by atomic mass is 16.2. The van der Waals surface area contributed by atoms with Crippen LogP contribution in [0.15, 0.2) is 18.7 Å². The van der Waals surface area contributed by atoms with Crippen molar-refractivity contribution < 1.29 is 4.79 Å². The van der Waals surface area contributed by atoms with Crippen molar-refractivity contribution in [2.24, 2.45) is 5.92 Å². The Kier molecular flexibility index (Phi) is 2.58. The number of rotatable bonds is 3. The molecule has 80 valence electrons. The van der Waals surface area contributed by atoms with Gasteiger partial charge in [-0.15, -0.1) is 6.58 Å². The van der Waals surface area contributed by atoms with Gasteiger partial charge in [-0.25, -0.2) is 0 Å². The Bertz CT molecular complexity index is 383. The molecule has 2 heterocycles. The van der Waals surface area contributed by atoms with Gasteiger partial charge in [-0.2, -0.15) is 5.10 Å². The van der Waals surface area contributed by atoms with E-state index in [9.17, 15) is 4.79 Å². The molecule has 1 aromatic heterocycles. The fourth-order valence-electron chi connectivity index (χ4n) is 1.78. The summed E-state index contributed by atoms with van der Waals surface area (Å²) in [5.41, 5.74) is 1.06. The highest BCUT2D eigenvalue weighted by Crippen LogP contribution is 2.24. The van der Waals surface area contributed by atoms with E-state index in [1.54, 1.807) is 4.90 Å². The van der Waals surface area contributed by atoms with Gasteiger partial charge < -0.3 is 0 Å². The molecule has 1 aliphatic heterocycles. The molecular formula is C11H15N3O. The summed E-state index contributed by atoms with van der Waals surface area (Å²) in [6.07, 6.45) is 3.29. The van der Waals surface area contributed by atoms with Crippen molar-refractivity contribution in [1.82, 2.24) is 10.2 Å². The second-order valence-corrected chi connectivity index (χ2v) is 3.81.